The summed E-state index contributed by atoms with van der Waals surface area (Å²) in [6.07, 6.45) is 0.276. The van der Waals surface area contributed by atoms with E-state index in [1.807, 2.05) is 0 Å². The first-order chi connectivity index (χ1) is 8.59. The van der Waals surface area contributed by atoms with Crippen LogP contribution in [0.1, 0.15) is 6.42 Å². The molecule has 8 nitrogen and oxygen atoms in total. The molecule has 0 aromatic heterocycles. The van der Waals surface area contributed by atoms with Crippen molar-refractivity contribution >= 4 is 31.4 Å². The van der Waals surface area contributed by atoms with Crippen LogP contribution >= 0.6 is 0 Å². The summed E-state index contributed by atoms with van der Waals surface area (Å²) in [6.45, 7) is 0.286. The fourth-order valence-electron chi connectivity index (χ4n) is 1.36. The minimum atomic E-state index is -3.81. The normalized spacial score (nSPS) is 12.3. The van der Waals surface area contributed by atoms with E-state index in [1.165, 1.54) is 18.2 Å². The molecule has 10 heteroatoms. The summed E-state index contributed by atoms with van der Waals surface area (Å²) in [7, 11) is -7.31. The Kier molecular flexibility index (Phi) is 4.74. The zero-order valence-electron chi connectivity index (χ0n) is 10.0. The Morgan fingerprint density at radius 3 is 2.26 bits per heavy atom. The number of nitrogens with one attached hydrogen (secondary N) is 1. The predicted molar refractivity (Wildman–Crippen MR) is 73.3 cm³/mol. The Bertz CT molecular complexity index is 655. The summed E-state index contributed by atoms with van der Waals surface area (Å²) in [5.74, 6) is -0.172. The first-order valence-electron chi connectivity index (χ1n) is 5.26. The zero-order valence-corrected chi connectivity index (χ0v) is 11.7. The molecule has 0 saturated heterocycles. The lowest BCUT2D eigenvalue weighted by Gasteiger charge is -2.10. The van der Waals surface area contributed by atoms with Gasteiger partial charge in [-0.05, 0) is 24.6 Å². The SMILES string of the molecule is Nc1ccc(S(N)(=O)=O)cc1NCCCS(N)(=O)=O. The number of nitrogen functional groups attached to an aromatic ring is 1. The standard InChI is InChI=1S/C9H16N4O4S2/c10-8-3-2-7(19(12,16)17)6-9(8)13-4-1-5-18(11,14)15/h2-3,6,13H,1,4-5,10H2,(H2,11,14,15)(H2,12,16,17). The topological polar surface area (TPSA) is 158 Å². The average molecular weight is 308 g/mol. The molecule has 1 aromatic carbocycles. The average Bonchev–Trinajstić information content (AvgIpc) is 2.23. The lowest BCUT2D eigenvalue weighted by molar-refractivity contribution is 0.595. The number of benzene rings is 1. The van der Waals surface area contributed by atoms with Crippen molar-refractivity contribution in [2.24, 2.45) is 10.3 Å². The molecule has 0 aliphatic carbocycles. The van der Waals surface area contributed by atoms with Gasteiger partial charge in [0.2, 0.25) is 20.0 Å². The van der Waals surface area contributed by atoms with Crippen molar-refractivity contribution in [3.05, 3.63) is 18.2 Å². The molecule has 7 N–H and O–H groups in total. The molecular formula is C9H16N4O4S2. The predicted octanol–water partition coefficient (Wildman–Crippen LogP) is -0.993. The lowest BCUT2D eigenvalue weighted by atomic mass is 10.2. The van der Waals surface area contributed by atoms with Gasteiger partial charge in [-0.3, -0.25) is 0 Å². The lowest BCUT2D eigenvalue weighted by Crippen LogP contribution is -2.19. The number of rotatable bonds is 6. The summed E-state index contributed by atoms with van der Waals surface area (Å²) in [5.41, 5.74) is 6.37. The van der Waals surface area contributed by atoms with Gasteiger partial charge in [0.25, 0.3) is 0 Å². The number of anilines is 2. The van der Waals surface area contributed by atoms with E-state index in [0.717, 1.165) is 0 Å². The van der Waals surface area contributed by atoms with Crippen LogP contribution in [0.15, 0.2) is 23.1 Å². The quantitative estimate of drug-likeness (QED) is 0.390. The van der Waals surface area contributed by atoms with E-state index in [0.29, 0.717) is 11.4 Å². The molecule has 0 aliphatic heterocycles. The Hall–Kier alpha value is -1.36. The number of primary sulfonamides is 2. The van der Waals surface area contributed by atoms with E-state index < -0.39 is 20.0 Å². The van der Waals surface area contributed by atoms with Gasteiger partial charge in [0.1, 0.15) is 0 Å². The number of nitrogens with two attached hydrogens (primary N) is 3. The molecule has 108 valence electrons. The van der Waals surface area contributed by atoms with Crippen molar-refractivity contribution in [1.82, 2.24) is 0 Å². The Labute approximate surface area is 112 Å². The first-order valence-corrected chi connectivity index (χ1v) is 8.52. The van der Waals surface area contributed by atoms with Crippen LogP contribution in [0.25, 0.3) is 0 Å². The number of hydrogen-bond donors (Lipinski definition) is 4. The highest BCUT2D eigenvalue weighted by Gasteiger charge is 2.10. The van der Waals surface area contributed by atoms with Gasteiger partial charge in [-0.1, -0.05) is 0 Å². The van der Waals surface area contributed by atoms with Crippen LogP contribution in [-0.2, 0) is 20.0 Å². The number of sulfonamides is 2. The van der Waals surface area contributed by atoms with E-state index >= 15 is 0 Å². The van der Waals surface area contributed by atoms with Crippen LogP contribution in [0, 0.1) is 0 Å². The van der Waals surface area contributed by atoms with Crippen LogP contribution in [0.5, 0.6) is 0 Å². The summed E-state index contributed by atoms with van der Waals surface area (Å²) in [5, 5.41) is 12.7. The molecule has 19 heavy (non-hydrogen) atoms. The molecule has 0 unspecified atom stereocenters. The van der Waals surface area contributed by atoms with E-state index in [1.54, 1.807) is 0 Å². The highest BCUT2D eigenvalue weighted by Crippen LogP contribution is 2.22. The number of hydrogen-bond acceptors (Lipinski definition) is 6. The Morgan fingerprint density at radius 1 is 1.11 bits per heavy atom. The van der Waals surface area contributed by atoms with E-state index in [9.17, 15) is 16.8 Å². The third-order valence-electron chi connectivity index (χ3n) is 2.27. The minimum Gasteiger partial charge on any atom is -0.397 e. The van der Waals surface area contributed by atoms with E-state index in [2.05, 4.69) is 5.32 Å². The molecule has 1 rings (SSSR count). The second-order valence-corrected chi connectivity index (χ2v) is 7.24. The van der Waals surface area contributed by atoms with Gasteiger partial charge in [-0.25, -0.2) is 27.1 Å². The monoisotopic (exact) mass is 308 g/mol. The van der Waals surface area contributed by atoms with Gasteiger partial charge in [-0.15, -0.1) is 0 Å². The maximum absolute atomic E-state index is 11.2. The molecule has 0 heterocycles. The molecule has 0 spiro atoms. The summed E-state index contributed by atoms with van der Waals surface area (Å²) in [6, 6.07) is 3.99. The Balaban J connectivity index is 2.73. The van der Waals surface area contributed by atoms with Crippen molar-refractivity contribution < 1.29 is 16.8 Å². The van der Waals surface area contributed by atoms with Crippen LogP contribution in [0.2, 0.25) is 0 Å². The maximum atomic E-state index is 11.2. The molecule has 0 bridgehead atoms. The summed E-state index contributed by atoms with van der Waals surface area (Å²) >= 11 is 0. The van der Waals surface area contributed by atoms with E-state index in [4.69, 9.17) is 16.0 Å². The molecular weight excluding hydrogens is 292 g/mol. The van der Waals surface area contributed by atoms with Crippen molar-refractivity contribution in [1.29, 1.82) is 0 Å². The largest absolute Gasteiger partial charge is 0.397 e. The van der Waals surface area contributed by atoms with Crippen LogP contribution in [-0.4, -0.2) is 29.1 Å². The zero-order chi connectivity index (χ0) is 14.7. The fourth-order valence-corrected chi connectivity index (χ4v) is 2.45. The van der Waals surface area contributed by atoms with Gasteiger partial charge in [0.15, 0.2) is 0 Å². The molecule has 0 saturated carbocycles. The second-order valence-electron chi connectivity index (χ2n) is 3.94. The highest BCUT2D eigenvalue weighted by molar-refractivity contribution is 7.89. The van der Waals surface area contributed by atoms with Gasteiger partial charge < -0.3 is 11.1 Å². The summed E-state index contributed by atoms with van der Waals surface area (Å²) in [4.78, 5) is -0.0735. The molecule has 0 aliphatic rings. The molecule has 0 fully saturated rings. The molecule has 0 radical (unpaired) electrons. The van der Waals surface area contributed by atoms with Gasteiger partial charge >= 0.3 is 0 Å². The van der Waals surface area contributed by atoms with Gasteiger partial charge in [0, 0.05) is 6.54 Å². The fraction of sp³-hybridized carbons (Fsp3) is 0.333. The van der Waals surface area contributed by atoms with Crippen molar-refractivity contribution in [2.45, 2.75) is 11.3 Å². The van der Waals surface area contributed by atoms with E-state index in [-0.39, 0.29) is 23.6 Å². The third-order valence-corrected chi connectivity index (χ3v) is 4.04. The highest BCUT2D eigenvalue weighted by atomic mass is 32.2. The van der Waals surface area contributed by atoms with Crippen LogP contribution in [0.4, 0.5) is 11.4 Å². The van der Waals surface area contributed by atoms with Gasteiger partial charge in [0.05, 0.1) is 22.0 Å². The van der Waals surface area contributed by atoms with Crippen LogP contribution in [0.3, 0.4) is 0 Å². The second kappa shape index (κ2) is 5.74. The van der Waals surface area contributed by atoms with Crippen LogP contribution < -0.4 is 21.3 Å². The minimum absolute atomic E-state index is 0.0735. The Morgan fingerprint density at radius 2 is 1.74 bits per heavy atom. The first kappa shape index (κ1) is 15.7. The van der Waals surface area contributed by atoms with Crippen molar-refractivity contribution in [3.63, 3.8) is 0 Å². The van der Waals surface area contributed by atoms with Crippen molar-refractivity contribution in [2.75, 3.05) is 23.3 Å². The smallest absolute Gasteiger partial charge is 0.238 e. The van der Waals surface area contributed by atoms with Crippen molar-refractivity contribution in [3.8, 4) is 0 Å². The van der Waals surface area contributed by atoms with Gasteiger partial charge in [-0.2, -0.15) is 0 Å². The third kappa shape index (κ3) is 5.42. The summed E-state index contributed by atoms with van der Waals surface area (Å²) < 4.78 is 43.8. The maximum Gasteiger partial charge on any atom is 0.238 e. The molecule has 1 aromatic rings. The molecule has 0 amide bonds. The molecule has 0 atom stereocenters.